The van der Waals surface area contributed by atoms with Gasteiger partial charge in [0, 0.05) is 18.2 Å². The fourth-order valence-corrected chi connectivity index (χ4v) is 2.60. The van der Waals surface area contributed by atoms with Crippen molar-refractivity contribution >= 4 is 29.9 Å². The van der Waals surface area contributed by atoms with E-state index < -0.39 is 0 Å². The van der Waals surface area contributed by atoms with E-state index in [9.17, 15) is 9.59 Å². The molecule has 2 amide bonds. The van der Waals surface area contributed by atoms with Crippen LogP contribution in [0.4, 0.5) is 5.69 Å². The highest BCUT2D eigenvalue weighted by Gasteiger charge is 2.18. The Morgan fingerprint density at radius 1 is 1.23 bits per heavy atom. The summed E-state index contributed by atoms with van der Waals surface area (Å²) < 4.78 is 0. The summed E-state index contributed by atoms with van der Waals surface area (Å²) in [5.74, 6) is -0.272. The molecule has 122 valence electrons. The van der Waals surface area contributed by atoms with E-state index in [1.165, 1.54) is 0 Å². The Balaban J connectivity index is 0.00000242. The number of hydrogen-bond acceptors (Lipinski definition) is 3. The Hall–Kier alpha value is -1.59. The lowest BCUT2D eigenvalue weighted by molar-refractivity contribution is -0.124. The maximum absolute atomic E-state index is 11.9. The van der Waals surface area contributed by atoms with Crippen molar-refractivity contribution in [1.82, 2.24) is 10.6 Å². The molecule has 1 aliphatic rings. The SMILES string of the molecule is Cc1cccc(C)c1NC(=O)CNC(=O)CC1CCCN1.Cl. The van der Waals surface area contributed by atoms with E-state index in [2.05, 4.69) is 16.0 Å². The Bertz CT molecular complexity index is 508. The van der Waals surface area contributed by atoms with Crippen LogP contribution in [0.25, 0.3) is 0 Å². The molecule has 0 saturated carbocycles. The van der Waals surface area contributed by atoms with Gasteiger partial charge in [0.1, 0.15) is 0 Å². The highest BCUT2D eigenvalue weighted by Crippen LogP contribution is 2.19. The molecule has 0 radical (unpaired) electrons. The van der Waals surface area contributed by atoms with Gasteiger partial charge >= 0.3 is 0 Å². The quantitative estimate of drug-likeness (QED) is 0.774. The van der Waals surface area contributed by atoms with Gasteiger partial charge in [0.05, 0.1) is 6.54 Å². The third kappa shape index (κ3) is 5.31. The molecular weight excluding hydrogens is 302 g/mol. The number of aryl methyl sites for hydroxylation is 2. The molecule has 3 N–H and O–H groups in total. The number of amides is 2. The van der Waals surface area contributed by atoms with Crippen LogP contribution in [0.2, 0.25) is 0 Å². The second-order valence-electron chi connectivity index (χ2n) is 5.59. The number of halogens is 1. The highest BCUT2D eigenvalue weighted by atomic mass is 35.5. The smallest absolute Gasteiger partial charge is 0.243 e. The molecule has 1 unspecified atom stereocenters. The number of para-hydroxylation sites is 1. The minimum absolute atomic E-state index is 0. The van der Waals surface area contributed by atoms with E-state index in [1.54, 1.807) is 0 Å². The zero-order chi connectivity index (χ0) is 15.2. The summed E-state index contributed by atoms with van der Waals surface area (Å²) in [6.45, 7) is 4.89. The van der Waals surface area contributed by atoms with Crippen LogP contribution >= 0.6 is 12.4 Å². The Morgan fingerprint density at radius 3 is 2.50 bits per heavy atom. The van der Waals surface area contributed by atoms with E-state index in [-0.39, 0.29) is 36.8 Å². The minimum Gasteiger partial charge on any atom is -0.347 e. The van der Waals surface area contributed by atoms with Crippen molar-refractivity contribution in [3.8, 4) is 0 Å². The Labute approximate surface area is 137 Å². The van der Waals surface area contributed by atoms with E-state index in [4.69, 9.17) is 0 Å². The summed E-state index contributed by atoms with van der Waals surface area (Å²) in [5.41, 5.74) is 2.86. The van der Waals surface area contributed by atoms with Crippen LogP contribution in [0.3, 0.4) is 0 Å². The van der Waals surface area contributed by atoms with Gasteiger partial charge in [-0.05, 0) is 44.4 Å². The summed E-state index contributed by atoms with van der Waals surface area (Å²) in [7, 11) is 0. The number of nitrogens with one attached hydrogen (secondary N) is 3. The van der Waals surface area contributed by atoms with Gasteiger partial charge in [0.15, 0.2) is 0 Å². The molecule has 1 aromatic rings. The molecule has 1 heterocycles. The van der Waals surface area contributed by atoms with E-state index in [1.807, 2.05) is 32.0 Å². The second kappa shape index (κ2) is 8.76. The lowest BCUT2D eigenvalue weighted by Gasteiger charge is -2.13. The number of carbonyl (C=O) groups excluding carboxylic acids is 2. The maximum Gasteiger partial charge on any atom is 0.243 e. The first-order valence-corrected chi connectivity index (χ1v) is 7.42. The van der Waals surface area contributed by atoms with Crippen LogP contribution in [-0.4, -0.2) is 30.9 Å². The average Bonchev–Trinajstić information content (AvgIpc) is 2.94. The molecule has 6 heteroatoms. The summed E-state index contributed by atoms with van der Waals surface area (Å²) in [4.78, 5) is 23.7. The zero-order valence-electron chi connectivity index (χ0n) is 13.1. The summed E-state index contributed by atoms with van der Waals surface area (Å²) >= 11 is 0. The first kappa shape index (κ1) is 18.5. The van der Waals surface area contributed by atoms with Crippen LogP contribution in [0, 0.1) is 13.8 Å². The molecule has 1 aliphatic heterocycles. The van der Waals surface area contributed by atoms with Crippen LogP contribution in [0.15, 0.2) is 18.2 Å². The van der Waals surface area contributed by atoms with Crippen molar-refractivity contribution in [1.29, 1.82) is 0 Å². The highest BCUT2D eigenvalue weighted by molar-refractivity contribution is 5.95. The van der Waals surface area contributed by atoms with Crippen molar-refractivity contribution in [3.05, 3.63) is 29.3 Å². The molecule has 1 fully saturated rings. The monoisotopic (exact) mass is 325 g/mol. The lowest BCUT2D eigenvalue weighted by atomic mass is 10.1. The topological polar surface area (TPSA) is 70.2 Å². The molecule has 1 atom stereocenters. The van der Waals surface area contributed by atoms with Crippen molar-refractivity contribution in [3.63, 3.8) is 0 Å². The van der Waals surface area contributed by atoms with Gasteiger partial charge in [-0.3, -0.25) is 9.59 Å². The standard InChI is InChI=1S/C16H23N3O2.ClH/c1-11-5-3-6-12(2)16(11)19-15(21)10-18-14(20)9-13-7-4-8-17-13;/h3,5-6,13,17H,4,7-10H2,1-2H3,(H,18,20)(H,19,21);1H. The molecule has 22 heavy (non-hydrogen) atoms. The third-order valence-corrected chi connectivity index (χ3v) is 3.79. The van der Waals surface area contributed by atoms with Crippen molar-refractivity contribution in [2.24, 2.45) is 0 Å². The van der Waals surface area contributed by atoms with E-state index in [0.717, 1.165) is 36.2 Å². The van der Waals surface area contributed by atoms with Crippen molar-refractivity contribution in [2.45, 2.75) is 39.2 Å². The summed E-state index contributed by atoms with van der Waals surface area (Å²) in [5, 5.41) is 8.80. The summed E-state index contributed by atoms with van der Waals surface area (Å²) in [6.07, 6.45) is 2.59. The lowest BCUT2D eigenvalue weighted by Crippen LogP contribution is -2.36. The second-order valence-corrected chi connectivity index (χ2v) is 5.59. The minimum atomic E-state index is -0.194. The normalized spacial score (nSPS) is 16.7. The Morgan fingerprint density at radius 2 is 1.91 bits per heavy atom. The third-order valence-electron chi connectivity index (χ3n) is 3.79. The Kier molecular flexibility index (Phi) is 7.35. The predicted octanol–water partition coefficient (Wildman–Crippen LogP) is 1.92. The zero-order valence-corrected chi connectivity index (χ0v) is 13.9. The van der Waals surface area contributed by atoms with E-state index in [0.29, 0.717) is 6.42 Å². The van der Waals surface area contributed by atoms with Gasteiger partial charge in [-0.15, -0.1) is 12.4 Å². The van der Waals surface area contributed by atoms with Crippen LogP contribution in [-0.2, 0) is 9.59 Å². The molecule has 2 rings (SSSR count). The number of hydrogen-bond donors (Lipinski definition) is 3. The first-order valence-electron chi connectivity index (χ1n) is 7.42. The van der Waals surface area contributed by atoms with Crippen molar-refractivity contribution in [2.75, 3.05) is 18.4 Å². The van der Waals surface area contributed by atoms with Crippen LogP contribution < -0.4 is 16.0 Å². The number of benzene rings is 1. The van der Waals surface area contributed by atoms with Crippen molar-refractivity contribution < 1.29 is 9.59 Å². The van der Waals surface area contributed by atoms with Crippen LogP contribution in [0.1, 0.15) is 30.4 Å². The predicted molar refractivity (Wildman–Crippen MR) is 90.4 cm³/mol. The van der Waals surface area contributed by atoms with E-state index >= 15 is 0 Å². The fraction of sp³-hybridized carbons (Fsp3) is 0.500. The molecular formula is C16H24ClN3O2. The number of carbonyl (C=O) groups is 2. The van der Waals surface area contributed by atoms with Gasteiger partial charge in [0.2, 0.25) is 11.8 Å². The molecule has 0 bridgehead atoms. The molecule has 0 spiro atoms. The van der Waals surface area contributed by atoms with Gasteiger partial charge < -0.3 is 16.0 Å². The molecule has 0 aliphatic carbocycles. The van der Waals surface area contributed by atoms with Gasteiger partial charge in [-0.2, -0.15) is 0 Å². The maximum atomic E-state index is 11.9. The number of rotatable bonds is 5. The van der Waals surface area contributed by atoms with Gasteiger partial charge in [-0.25, -0.2) is 0 Å². The summed E-state index contributed by atoms with van der Waals surface area (Å²) in [6, 6.07) is 6.11. The van der Waals surface area contributed by atoms with Gasteiger partial charge in [0.25, 0.3) is 0 Å². The molecule has 1 aromatic carbocycles. The molecule has 5 nitrogen and oxygen atoms in total. The fourth-order valence-electron chi connectivity index (χ4n) is 2.60. The molecule has 0 aromatic heterocycles. The number of anilines is 1. The van der Waals surface area contributed by atoms with Crippen LogP contribution in [0.5, 0.6) is 0 Å². The first-order chi connectivity index (χ1) is 10.1. The molecule has 1 saturated heterocycles. The average molecular weight is 326 g/mol. The largest absolute Gasteiger partial charge is 0.347 e. The van der Waals surface area contributed by atoms with Gasteiger partial charge in [-0.1, -0.05) is 18.2 Å².